The molecule has 0 aliphatic carbocycles. The first-order valence-electron chi connectivity index (χ1n) is 10.2. The molecule has 2 aliphatic rings. The maximum atomic E-state index is 6.09. The van der Waals surface area contributed by atoms with Gasteiger partial charge in [-0.2, -0.15) is 0 Å². The summed E-state index contributed by atoms with van der Waals surface area (Å²) >= 11 is 5.86. The van der Waals surface area contributed by atoms with E-state index in [1.54, 1.807) is 0 Å². The highest BCUT2D eigenvalue weighted by molar-refractivity contribution is 14.0. The number of hydrogen-bond acceptors (Lipinski definition) is 4. The van der Waals surface area contributed by atoms with Crippen LogP contribution in [0.1, 0.15) is 11.1 Å². The molecule has 8 heteroatoms. The Balaban J connectivity index is 0.00000256. The molecule has 6 nitrogen and oxygen atoms in total. The van der Waals surface area contributed by atoms with Crippen LogP contribution in [0.4, 0.5) is 0 Å². The van der Waals surface area contributed by atoms with Gasteiger partial charge >= 0.3 is 0 Å². The minimum absolute atomic E-state index is 0. The smallest absolute Gasteiger partial charge is 0.193 e. The zero-order chi connectivity index (χ0) is 20.1. The summed E-state index contributed by atoms with van der Waals surface area (Å²) in [6.07, 6.45) is 2.93. The number of pyridine rings is 1. The third kappa shape index (κ3) is 5.84. The Labute approximate surface area is 200 Å². The summed E-state index contributed by atoms with van der Waals surface area (Å²) in [5.74, 6) is 0.935. The molecule has 2 atom stereocenters. The zero-order valence-corrected chi connectivity index (χ0v) is 20.3. The molecule has 2 aromatic rings. The summed E-state index contributed by atoms with van der Waals surface area (Å²) in [4.78, 5) is 13.5. The van der Waals surface area contributed by atoms with Crippen LogP contribution in [0.15, 0.2) is 53.7 Å². The minimum Gasteiger partial charge on any atom is -0.373 e. The van der Waals surface area contributed by atoms with E-state index in [9.17, 15) is 0 Å². The van der Waals surface area contributed by atoms with Gasteiger partial charge in [0.15, 0.2) is 5.96 Å². The highest BCUT2D eigenvalue weighted by Crippen LogP contribution is 2.24. The average molecular weight is 542 g/mol. The summed E-state index contributed by atoms with van der Waals surface area (Å²) in [6.45, 7) is 5.33. The van der Waals surface area contributed by atoms with E-state index in [1.165, 1.54) is 5.56 Å². The van der Waals surface area contributed by atoms with Gasteiger partial charge in [0.1, 0.15) is 5.15 Å². The van der Waals surface area contributed by atoms with Gasteiger partial charge in [0.05, 0.1) is 18.8 Å². The van der Waals surface area contributed by atoms with Crippen molar-refractivity contribution in [3.8, 4) is 0 Å². The van der Waals surface area contributed by atoms with Crippen molar-refractivity contribution in [2.75, 3.05) is 39.8 Å². The summed E-state index contributed by atoms with van der Waals surface area (Å²) in [7, 11) is 1.84. The van der Waals surface area contributed by atoms with Crippen LogP contribution in [0.2, 0.25) is 5.15 Å². The maximum Gasteiger partial charge on any atom is 0.193 e. The van der Waals surface area contributed by atoms with Gasteiger partial charge in [0.2, 0.25) is 0 Å². The van der Waals surface area contributed by atoms with Crippen LogP contribution in [-0.4, -0.2) is 72.7 Å². The van der Waals surface area contributed by atoms with Crippen molar-refractivity contribution in [1.82, 2.24) is 20.1 Å². The standard InChI is InChI=1S/C22H28ClN5O.HI/c1-24-22(25-10-9-17-7-8-21(23)26-13-17)28-15-19-20(16-28)29-12-11-27(19)14-18-5-3-2-4-6-18;/h2-8,13,19-20H,9-12,14-16H2,1H3,(H,24,25);1H. The monoisotopic (exact) mass is 541 g/mol. The number of likely N-dealkylation sites (tertiary alicyclic amines) is 1. The number of hydrogen-bond donors (Lipinski definition) is 1. The number of aromatic nitrogens is 1. The van der Waals surface area contributed by atoms with Crippen LogP contribution in [-0.2, 0) is 17.7 Å². The molecule has 0 bridgehead atoms. The van der Waals surface area contributed by atoms with Crippen molar-refractivity contribution in [2.45, 2.75) is 25.1 Å². The van der Waals surface area contributed by atoms with Gasteiger partial charge in [-0.15, -0.1) is 24.0 Å². The highest BCUT2D eigenvalue weighted by atomic mass is 127. The topological polar surface area (TPSA) is 53.0 Å². The first kappa shape index (κ1) is 23.2. The van der Waals surface area contributed by atoms with E-state index in [4.69, 9.17) is 16.3 Å². The van der Waals surface area contributed by atoms with Crippen LogP contribution in [0.3, 0.4) is 0 Å². The maximum absolute atomic E-state index is 6.09. The molecule has 0 amide bonds. The molecule has 162 valence electrons. The Morgan fingerprint density at radius 2 is 2.03 bits per heavy atom. The number of ether oxygens (including phenoxy) is 1. The van der Waals surface area contributed by atoms with Gasteiger partial charge in [-0.1, -0.05) is 48.0 Å². The van der Waals surface area contributed by atoms with Crippen molar-refractivity contribution < 1.29 is 4.74 Å². The molecule has 4 rings (SSSR count). The fraction of sp³-hybridized carbons (Fsp3) is 0.455. The number of benzene rings is 1. The van der Waals surface area contributed by atoms with Crippen LogP contribution in [0, 0.1) is 0 Å². The van der Waals surface area contributed by atoms with E-state index in [0.29, 0.717) is 11.2 Å². The third-order valence-corrected chi connectivity index (χ3v) is 5.87. The normalized spacial score (nSPS) is 21.8. The largest absolute Gasteiger partial charge is 0.373 e. The van der Waals surface area contributed by atoms with Crippen molar-refractivity contribution >= 4 is 41.5 Å². The number of halogens is 2. The zero-order valence-electron chi connectivity index (χ0n) is 17.2. The molecule has 0 spiro atoms. The number of guanidine groups is 1. The SMILES string of the molecule is CN=C(NCCc1ccc(Cl)nc1)N1CC2OCCN(Cc3ccccc3)C2C1.I. The lowest BCUT2D eigenvalue weighted by Gasteiger charge is -2.36. The first-order chi connectivity index (χ1) is 14.2. The number of fused-ring (bicyclic) bond motifs is 1. The fourth-order valence-electron chi connectivity index (χ4n) is 4.15. The van der Waals surface area contributed by atoms with Gasteiger partial charge in [-0.05, 0) is 23.6 Å². The molecule has 30 heavy (non-hydrogen) atoms. The van der Waals surface area contributed by atoms with Gasteiger partial charge in [0.25, 0.3) is 0 Å². The van der Waals surface area contributed by atoms with Gasteiger partial charge in [0, 0.05) is 46.0 Å². The molecule has 3 heterocycles. The summed E-state index contributed by atoms with van der Waals surface area (Å²) in [5, 5.41) is 4.02. The summed E-state index contributed by atoms with van der Waals surface area (Å²) in [6, 6.07) is 14.9. The Bertz CT molecular complexity index is 820. The van der Waals surface area contributed by atoms with Crippen molar-refractivity contribution in [3.05, 3.63) is 64.9 Å². The second-order valence-electron chi connectivity index (χ2n) is 7.55. The van der Waals surface area contributed by atoms with Crippen LogP contribution in [0.25, 0.3) is 0 Å². The van der Waals surface area contributed by atoms with E-state index < -0.39 is 0 Å². The lowest BCUT2D eigenvalue weighted by Crippen LogP contribution is -2.50. The quantitative estimate of drug-likeness (QED) is 0.273. The molecular weight excluding hydrogens is 513 g/mol. The van der Waals surface area contributed by atoms with E-state index in [1.807, 2.05) is 25.4 Å². The lowest BCUT2D eigenvalue weighted by atomic mass is 10.1. The molecule has 1 N–H and O–H groups in total. The molecule has 0 saturated carbocycles. The van der Waals surface area contributed by atoms with E-state index in [2.05, 4.69) is 55.4 Å². The summed E-state index contributed by atoms with van der Waals surface area (Å²) in [5.41, 5.74) is 2.51. The Kier molecular flexibility index (Phi) is 8.73. The van der Waals surface area contributed by atoms with Crippen LogP contribution in [0.5, 0.6) is 0 Å². The third-order valence-electron chi connectivity index (χ3n) is 5.64. The highest BCUT2D eigenvalue weighted by Gasteiger charge is 2.41. The lowest BCUT2D eigenvalue weighted by molar-refractivity contribution is -0.0502. The molecule has 0 radical (unpaired) electrons. The molecule has 1 aromatic carbocycles. The molecule has 2 aliphatic heterocycles. The molecule has 1 aromatic heterocycles. The van der Waals surface area contributed by atoms with Gasteiger partial charge < -0.3 is 15.0 Å². The van der Waals surface area contributed by atoms with Gasteiger partial charge in [-0.25, -0.2) is 4.98 Å². The minimum atomic E-state index is 0. The second kappa shape index (κ2) is 11.3. The van der Waals surface area contributed by atoms with E-state index >= 15 is 0 Å². The number of rotatable bonds is 5. The second-order valence-corrected chi connectivity index (χ2v) is 7.94. The molecule has 2 fully saturated rings. The van der Waals surface area contributed by atoms with Gasteiger partial charge in [-0.3, -0.25) is 9.89 Å². The Morgan fingerprint density at radius 3 is 2.77 bits per heavy atom. The average Bonchev–Trinajstić information content (AvgIpc) is 3.18. The van der Waals surface area contributed by atoms with E-state index in [0.717, 1.165) is 57.3 Å². The summed E-state index contributed by atoms with van der Waals surface area (Å²) < 4.78 is 6.09. The van der Waals surface area contributed by atoms with Crippen molar-refractivity contribution in [3.63, 3.8) is 0 Å². The first-order valence-corrected chi connectivity index (χ1v) is 10.6. The van der Waals surface area contributed by atoms with Crippen LogP contribution >= 0.6 is 35.6 Å². The van der Waals surface area contributed by atoms with Crippen LogP contribution < -0.4 is 5.32 Å². The number of nitrogens with one attached hydrogen (secondary N) is 1. The predicted molar refractivity (Wildman–Crippen MR) is 132 cm³/mol. The number of aliphatic imine (C=N–C) groups is 1. The molecular formula is C22H29ClIN5O. The molecule has 2 saturated heterocycles. The fourth-order valence-corrected chi connectivity index (χ4v) is 4.26. The van der Waals surface area contributed by atoms with E-state index in [-0.39, 0.29) is 30.1 Å². The predicted octanol–water partition coefficient (Wildman–Crippen LogP) is 3.06. The van der Waals surface area contributed by atoms with Crippen molar-refractivity contribution in [2.24, 2.45) is 4.99 Å². The Hall–Kier alpha value is -1.42. The molecule has 2 unspecified atom stereocenters. The van der Waals surface area contributed by atoms with Crippen molar-refractivity contribution in [1.29, 1.82) is 0 Å². The Morgan fingerprint density at radius 1 is 1.20 bits per heavy atom. The number of nitrogens with zero attached hydrogens (tertiary/aromatic N) is 4. The number of morpholine rings is 1.